The molecule has 3 N–H and O–H groups in total. The number of aryl methyl sites for hydroxylation is 1. The van der Waals surface area contributed by atoms with Crippen LogP contribution in [-0.4, -0.2) is 48.9 Å². The van der Waals surface area contributed by atoms with Crippen LogP contribution in [-0.2, 0) is 35.8 Å². The predicted molar refractivity (Wildman–Crippen MR) is 146 cm³/mol. The fourth-order valence-corrected chi connectivity index (χ4v) is 6.55. The maximum atomic E-state index is 13.7. The zero-order valence-electron chi connectivity index (χ0n) is 24.2. The molecule has 1 aromatic carbocycles. The number of esters is 1. The molecule has 0 aromatic heterocycles. The van der Waals surface area contributed by atoms with Crippen LogP contribution in [0.3, 0.4) is 0 Å². The zero-order valence-corrected chi connectivity index (χ0v) is 24.2. The minimum atomic E-state index is -0.881. The van der Waals surface area contributed by atoms with Crippen LogP contribution in [0, 0.1) is 11.3 Å². The van der Waals surface area contributed by atoms with Crippen LogP contribution in [0.25, 0.3) is 0 Å². The summed E-state index contributed by atoms with van der Waals surface area (Å²) in [4.78, 5) is 50.5. The number of carbonyl (C=O) groups excluding carboxylic acids is 4. The summed E-state index contributed by atoms with van der Waals surface area (Å²) < 4.78 is 4.61. The number of fused-ring (bicyclic) bond motifs is 3. The third-order valence-corrected chi connectivity index (χ3v) is 8.97. The lowest BCUT2D eigenvalue weighted by Gasteiger charge is -2.54. The van der Waals surface area contributed by atoms with Gasteiger partial charge < -0.3 is 20.7 Å². The van der Waals surface area contributed by atoms with E-state index < -0.39 is 41.3 Å². The molecule has 0 aliphatic heterocycles. The van der Waals surface area contributed by atoms with E-state index in [1.165, 1.54) is 37.6 Å². The Labute approximate surface area is 227 Å². The van der Waals surface area contributed by atoms with Gasteiger partial charge in [0.1, 0.15) is 18.1 Å². The van der Waals surface area contributed by atoms with Crippen molar-refractivity contribution in [3.05, 3.63) is 34.9 Å². The molecule has 8 nitrogen and oxygen atoms in total. The quantitative estimate of drug-likeness (QED) is 0.448. The van der Waals surface area contributed by atoms with Gasteiger partial charge in [0.2, 0.25) is 17.7 Å². The van der Waals surface area contributed by atoms with Crippen LogP contribution in [0.5, 0.6) is 0 Å². The van der Waals surface area contributed by atoms with Gasteiger partial charge in [-0.1, -0.05) is 52.3 Å². The minimum Gasteiger partial charge on any atom is -0.467 e. The largest absolute Gasteiger partial charge is 0.467 e. The van der Waals surface area contributed by atoms with Crippen molar-refractivity contribution >= 4 is 23.7 Å². The molecule has 6 atom stereocenters. The molecule has 1 fully saturated rings. The van der Waals surface area contributed by atoms with Gasteiger partial charge in [-0.25, -0.2) is 4.79 Å². The lowest BCUT2D eigenvalue weighted by atomic mass is 9.49. The Morgan fingerprint density at radius 3 is 2.11 bits per heavy atom. The molecule has 1 aromatic rings. The van der Waals surface area contributed by atoms with Gasteiger partial charge in [0.25, 0.3) is 0 Å². The third-order valence-electron chi connectivity index (χ3n) is 8.97. The summed E-state index contributed by atoms with van der Waals surface area (Å²) in [6, 6.07) is 4.34. The van der Waals surface area contributed by atoms with Crippen molar-refractivity contribution in [2.75, 3.05) is 7.11 Å². The van der Waals surface area contributed by atoms with Crippen LogP contribution >= 0.6 is 0 Å². The maximum absolute atomic E-state index is 13.7. The SMILES string of the molecule is COC(=O)[C@H](C)NC(=O)C(C)NC(=O)[C@H](C)NC(=O)[C@]1(C)CCC[C@]2(C)c3ccc(C(C)C)cc3CC[C@@H]12. The second kappa shape index (κ2) is 11.5. The maximum Gasteiger partial charge on any atom is 0.328 e. The first-order valence-electron chi connectivity index (χ1n) is 13.9. The van der Waals surface area contributed by atoms with Gasteiger partial charge >= 0.3 is 5.97 Å². The van der Waals surface area contributed by atoms with E-state index in [0.29, 0.717) is 5.92 Å². The van der Waals surface area contributed by atoms with Crippen LogP contribution in [0.15, 0.2) is 18.2 Å². The number of benzene rings is 1. The monoisotopic (exact) mass is 527 g/mol. The molecule has 2 aliphatic carbocycles. The summed E-state index contributed by atoms with van der Waals surface area (Å²) >= 11 is 0. The number of amides is 3. The van der Waals surface area contributed by atoms with Crippen LogP contribution in [0.2, 0.25) is 0 Å². The van der Waals surface area contributed by atoms with Gasteiger partial charge in [-0.05, 0) is 80.4 Å². The van der Waals surface area contributed by atoms with Crippen molar-refractivity contribution in [3.63, 3.8) is 0 Å². The number of hydrogen-bond donors (Lipinski definition) is 3. The Morgan fingerprint density at radius 2 is 1.50 bits per heavy atom. The lowest BCUT2D eigenvalue weighted by molar-refractivity contribution is -0.145. The van der Waals surface area contributed by atoms with Gasteiger partial charge in [-0.15, -0.1) is 0 Å². The first-order chi connectivity index (χ1) is 17.7. The Hall–Kier alpha value is -2.90. The number of nitrogens with one attached hydrogen (secondary N) is 3. The average Bonchev–Trinajstić information content (AvgIpc) is 2.87. The van der Waals surface area contributed by atoms with E-state index in [0.717, 1.165) is 32.1 Å². The number of ether oxygens (including phenoxy) is 1. The van der Waals surface area contributed by atoms with Crippen molar-refractivity contribution in [2.45, 2.75) is 110 Å². The lowest BCUT2D eigenvalue weighted by Crippen LogP contribution is -2.59. The van der Waals surface area contributed by atoms with Gasteiger partial charge in [0.05, 0.1) is 12.5 Å². The molecule has 2 aliphatic rings. The minimum absolute atomic E-state index is 0.0954. The van der Waals surface area contributed by atoms with Crippen molar-refractivity contribution < 1.29 is 23.9 Å². The predicted octanol–water partition coefficient (Wildman–Crippen LogP) is 3.51. The van der Waals surface area contributed by atoms with Crippen molar-refractivity contribution in [2.24, 2.45) is 11.3 Å². The summed E-state index contributed by atoms with van der Waals surface area (Å²) in [5, 5.41) is 8.09. The highest BCUT2D eigenvalue weighted by Gasteiger charge is 2.55. The molecule has 0 bridgehead atoms. The van der Waals surface area contributed by atoms with E-state index in [1.807, 2.05) is 6.92 Å². The molecule has 0 heterocycles. The van der Waals surface area contributed by atoms with Crippen molar-refractivity contribution in [1.29, 1.82) is 0 Å². The fraction of sp³-hybridized carbons (Fsp3) is 0.667. The highest BCUT2D eigenvalue weighted by Crippen LogP contribution is 2.57. The second-order valence-electron chi connectivity index (χ2n) is 12.0. The van der Waals surface area contributed by atoms with E-state index >= 15 is 0 Å². The van der Waals surface area contributed by atoms with Gasteiger partial charge in [0.15, 0.2) is 0 Å². The van der Waals surface area contributed by atoms with Crippen LogP contribution < -0.4 is 16.0 Å². The summed E-state index contributed by atoms with van der Waals surface area (Å²) in [5.41, 5.74) is 3.42. The van der Waals surface area contributed by atoms with Crippen molar-refractivity contribution in [1.82, 2.24) is 16.0 Å². The summed E-state index contributed by atoms with van der Waals surface area (Å²) in [7, 11) is 1.24. The van der Waals surface area contributed by atoms with E-state index in [4.69, 9.17) is 0 Å². The van der Waals surface area contributed by atoms with E-state index in [2.05, 4.69) is 59.7 Å². The smallest absolute Gasteiger partial charge is 0.328 e. The number of hydrogen-bond acceptors (Lipinski definition) is 5. The Kier molecular flexibility index (Phi) is 8.94. The van der Waals surface area contributed by atoms with Crippen molar-refractivity contribution in [3.8, 4) is 0 Å². The molecule has 38 heavy (non-hydrogen) atoms. The number of methoxy groups -OCH3 is 1. The number of rotatable bonds is 8. The first kappa shape index (κ1) is 29.7. The summed E-state index contributed by atoms with van der Waals surface area (Å²) in [6.45, 7) is 13.4. The molecule has 0 radical (unpaired) electrons. The molecule has 1 saturated carbocycles. The fourth-order valence-electron chi connectivity index (χ4n) is 6.55. The molecular weight excluding hydrogens is 482 g/mol. The van der Waals surface area contributed by atoms with E-state index in [-0.39, 0.29) is 17.2 Å². The molecule has 3 rings (SSSR count). The standard InChI is InChI=1S/C30H45N3O5/c1-17(2)21-10-12-23-22(16-21)11-13-24-29(23,6)14-9-15-30(24,7)28(37)33-19(4)26(35)31-18(3)25(34)32-20(5)27(36)38-8/h10,12,16-20,24H,9,11,13-15H2,1-8H3,(H,31,35)(H,32,34)(H,33,37)/t18?,19-,20-,24+,29+,30+/m0/s1. The molecule has 8 heteroatoms. The molecule has 0 saturated heterocycles. The Morgan fingerprint density at radius 1 is 0.895 bits per heavy atom. The summed E-state index contributed by atoms with van der Waals surface area (Å²) in [5.74, 6) is -1.01. The Balaban J connectivity index is 1.69. The van der Waals surface area contributed by atoms with Gasteiger partial charge in [-0.3, -0.25) is 14.4 Å². The molecule has 1 unspecified atom stereocenters. The topological polar surface area (TPSA) is 114 Å². The Bertz CT molecular complexity index is 1090. The molecular formula is C30H45N3O5. The van der Waals surface area contributed by atoms with E-state index in [1.54, 1.807) is 6.92 Å². The summed E-state index contributed by atoms with van der Waals surface area (Å²) in [6.07, 6.45) is 4.65. The highest BCUT2D eigenvalue weighted by molar-refractivity contribution is 5.94. The van der Waals surface area contributed by atoms with Crippen LogP contribution in [0.4, 0.5) is 0 Å². The van der Waals surface area contributed by atoms with Gasteiger partial charge in [0, 0.05) is 0 Å². The van der Waals surface area contributed by atoms with E-state index in [9.17, 15) is 19.2 Å². The second-order valence-corrected chi connectivity index (χ2v) is 12.0. The molecule has 3 amide bonds. The van der Waals surface area contributed by atoms with Gasteiger partial charge in [-0.2, -0.15) is 0 Å². The average molecular weight is 528 g/mol. The molecule has 210 valence electrons. The highest BCUT2D eigenvalue weighted by atomic mass is 16.5. The molecule has 0 spiro atoms. The van der Waals surface area contributed by atoms with Crippen LogP contribution in [0.1, 0.15) is 96.8 Å². The first-order valence-corrected chi connectivity index (χ1v) is 13.9. The zero-order chi connectivity index (χ0) is 28.4. The third kappa shape index (κ3) is 5.74. The number of carbonyl (C=O) groups is 4. The normalized spacial score (nSPS) is 26.7.